The van der Waals surface area contributed by atoms with Crippen LogP contribution in [0.2, 0.25) is 0 Å². The van der Waals surface area contributed by atoms with Gasteiger partial charge in [-0.15, -0.1) is 0 Å². The van der Waals surface area contributed by atoms with Crippen LogP contribution in [0.1, 0.15) is 36.9 Å². The van der Waals surface area contributed by atoms with Gasteiger partial charge in [0.15, 0.2) is 5.96 Å². The summed E-state index contributed by atoms with van der Waals surface area (Å²) in [5.74, 6) is 1.62. The standard InChI is InChI=1S/C23H29N7/c1-18(20-6-5-7-21(14-20)29-11-3-4-12-29)28-23(24-2)27-16-19-8-9-22(26-15-19)30-13-10-25-17-30/h5-10,13-15,17-18H,3-4,11-12,16H2,1-2H3,(H2,24,27,28). The number of nitrogens with zero attached hydrogens (tertiary/aromatic N) is 5. The number of nitrogens with one attached hydrogen (secondary N) is 2. The van der Waals surface area contributed by atoms with Gasteiger partial charge in [-0.25, -0.2) is 9.97 Å². The van der Waals surface area contributed by atoms with Crippen molar-refractivity contribution in [3.05, 3.63) is 72.4 Å². The molecule has 30 heavy (non-hydrogen) atoms. The SMILES string of the molecule is CN=C(NCc1ccc(-n2ccnc2)nc1)NC(C)c1cccc(N2CCCC2)c1. The molecule has 0 spiro atoms. The highest BCUT2D eigenvalue weighted by Gasteiger charge is 2.14. The molecule has 7 nitrogen and oxygen atoms in total. The molecule has 3 heterocycles. The Balaban J connectivity index is 1.34. The molecule has 2 aromatic heterocycles. The third-order valence-electron chi connectivity index (χ3n) is 5.46. The van der Waals surface area contributed by atoms with E-state index in [0.717, 1.165) is 30.4 Å². The molecule has 1 aliphatic rings. The number of aromatic nitrogens is 3. The smallest absolute Gasteiger partial charge is 0.191 e. The number of rotatable bonds is 6. The number of hydrogen-bond acceptors (Lipinski definition) is 4. The summed E-state index contributed by atoms with van der Waals surface area (Å²) in [4.78, 5) is 15.4. The second-order valence-corrected chi connectivity index (χ2v) is 7.58. The lowest BCUT2D eigenvalue weighted by molar-refractivity contribution is 0.684. The number of imidazole rings is 1. The van der Waals surface area contributed by atoms with E-state index in [9.17, 15) is 0 Å². The predicted molar refractivity (Wildman–Crippen MR) is 121 cm³/mol. The molecule has 1 atom stereocenters. The van der Waals surface area contributed by atoms with Crippen LogP contribution >= 0.6 is 0 Å². The Labute approximate surface area is 177 Å². The van der Waals surface area contributed by atoms with Crippen LogP contribution in [-0.2, 0) is 6.54 Å². The van der Waals surface area contributed by atoms with Gasteiger partial charge >= 0.3 is 0 Å². The van der Waals surface area contributed by atoms with Crippen molar-refractivity contribution in [2.24, 2.45) is 4.99 Å². The summed E-state index contributed by atoms with van der Waals surface area (Å²) >= 11 is 0. The topological polar surface area (TPSA) is 70.4 Å². The number of anilines is 1. The maximum absolute atomic E-state index is 4.50. The Bertz CT molecular complexity index is 957. The van der Waals surface area contributed by atoms with Crippen molar-refractivity contribution in [1.29, 1.82) is 0 Å². The zero-order chi connectivity index (χ0) is 20.8. The first-order valence-corrected chi connectivity index (χ1v) is 10.5. The van der Waals surface area contributed by atoms with Gasteiger partial charge in [0, 0.05) is 51.0 Å². The lowest BCUT2D eigenvalue weighted by Gasteiger charge is -2.22. The van der Waals surface area contributed by atoms with Gasteiger partial charge in [-0.3, -0.25) is 9.56 Å². The Morgan fingerprint density at radius 1 is 1.20 bits per heavy atom. The molecular formula is C23H29N7. The van der Waals surface area contributed by atoms with Crippen molar-refractivity contribution >= 4 is 11.6 Å². The normalized spacial score (nSPS) is 15.3. The number of aliphatic imine (C=N–C) groups is 1. The van der Waals surface area contributed by atoms with Gasteiger partial charge in [0.2, 0.25) is 0 Å². The van der Waals surface area contributed by atoms with Crippen LogP contribution in [0.5, 0.6) is 0 Å². The van der Waals surface area contributed by atoms with Crippen LogP contribution in [0.4, 0.5) is 5.69 Å². The maximum Gasteiger partial charge on any atom is 0.191 e. The molecule has 1 saturated heterocycles. The average molecular weight is 404 g/mol. The minimum absolute atomic E-state index is 0.153. The monoisotopic (exact) mass is 403 g/mol. The highest BCUT2D eigenvalue weighted by molar-refractivity contribution is 5.80. The lowest BCUT2D eigenvalue weighted by atomic mass is 10.1. The van der Waals surface area contributed by atoms with E-state index in [2.05, 4.69) is 67.7 Å². The zero-order valence-electron chi connectivity index (χ0n) is 17.6. The molecule has 0 bridgehead atoms. The molecule has 7 heteroatoms. The van der Waals surface area contributed by atoms with Crippen molar-refractivity contribution in [2.75, 3.05) is 25.0 Å². The first-order valence-electron chi connectivity index (χ1n) is 10.5. The summed E-state index contributed by atoms with van der Waals surface area (Å²) in [6, 6.07) is 13.0. The largest absolute Gasteiger partial charge is 0.372 e. The summed E-state index contributed by atoms with van der Waals surface area (Å²) in [5, 5.41) is 6.87. The molecule has 3 aromatic rings. The first kappa shape index (κ1) is 19.9. The minimum Gasteiger partial charge on any atom is -0.372 e. The summed E-state index contributed by atoms with van der Waals surface area (Å²) in [5.41, 5.74) is 3.66. The van der Waals surface area contributed by atoms with E-state index < -0.39 is 0 Å². The summed E-state index contributed by atoms with van der Waals surface area (Å²) in [7, 11) is 1.79. The molecule has 0 amide bonds. The van der Waals surface area contributed by atoms with Crippen LogP contribution in [0.3, 0.4) is 0 Å². The van der Waals surface area contributed by atoms with Crippen molar-refractivity contribution in [3.8, 4) is 5.82 Å². The number of guanidine groups is 1. The number of pyridine rings is 1. The van der Waals surface area contributed by atoms with E-state index in [1.165, 1.54) is 24.1 Å². The quantitative estimate of drug-likeness (QED) is 0.488. The molecule has 1 aliphatic heterocycles. The van der Waals surface area contributed by atoms with Crippen LogP contribution in [0, 0.1) is 0 Å². The summed E-state index contributed by atoms with van der Waals surface area (Å²) < 4.78 is 1.88. The van der Waals surface area contributed by atoms with Gasteiger partial charge in [-0.05, 0) is 49.1 Å². The molecule has 156 valence electrons. The molecule has 1 fully saturated rings. The fourth-order valence-electron chi connectivity index (χ4n) is 3.70. The minimum atomic E-state index is 0.153. The average Bonchev–Trinajstić information content (AvgIpc) is 3.51. The van der Waals surface area contributed by atoms with E-state index in [1.54, 1.807) is 19.6 Å². The Hall–Kier alpha value is -3.35. The van der Waals surface area contributed by atoms with Gasteiger partial charge in [0.1, 0.15) is 12.1 Å². The molecule has 4 rings (SSSR count). The van der Waals surface area contributed by atoms with E-state index in [0.29, 0.717) is 6.54 Å². The Morgan fingerprint density at radius 3 is 2.77 bits per heavy atom. The molecule has 0 radical (unpaired) electrons. The van der Waals surface area contributed by atoms with E-state index in [4.69, 9.17) is 0 Å². The highest BCUT2D eigenvalue weighted by atomic mass is 15.2. The lowest BCUT2D eigenvalue weighted by Crippen LogP contribution is -2.38. The second kappa shape index (κ2) is 9.43. The molecular weight excluding hydrogens is 374 g/mol. The van der Waals surface area contributed by atoms with Crippen molar-refractivity contribution in [3.63, 3.8) is 0 Å². The number of hydrogen-bond donors (Lipinski definition) is 2. The molecule has 0 aliphatic carbocycles. The van der Waals surface area contributed by atoms with Crippen LogP contribution in [0.15, 0.2) is 66.3 Å². The Kier molecular flexibility index (Phi) is 6.27. The fourth-order valence-corrected chi connectivity index (χ4v) is 3.70. The van der Waals surface area contributed by atoms with Crippen molar-refractivity contribution in [1.82, 2.24) is 25.2 Å². The van der Waals surface area contributed by atoms with Crippen molar-refractivity contribution < 1.29 is 0 Å². The predicted octanol–water partition coefficient (Wildman–Crippen LogP) is 3.29. The van der Waals surface area contributed by atoms with E-state index in [1.807, 2.05) is 23.0 Å². The highest BCUT2D eigenvalue weighted by Crippen LogP contribution is 2.23. The van der Waals surface area contributed by atoms with E-state index >= 15 is 0 Å². The van der Waals surface area contributed by atoms with Gasteiger partial charge in [-0.1, -0.05) is 18.2 Å². The molecule has 0 saturated carbocycles. The van der Waals surface area contributed by atoms with Crippen LogP contribution in [0.25, 0.3) is 5.82 Å². The summed E-state index contributed by atoms with van der Waals surface area (Å²) in [6.07, 6.45) is 9.81. The van der Waals surface area contributed by atoms with Gasteiger partial charge < -0.3 is 15.5 Å². The first-order chi connectivity index (χ1) is 14.7. The second-order valence-electron chi connectivity index (χ2n) is 7.58. The molecule has 2 N–H and O–H groups in total. The summed E-state index contributed by atoms with van der Waals surface area (Å²) in [6.45, 7) is 5.12. The molecule has 1 unspecified atom stereocenters. The number of benzene rings is 1. The molecule has 1 aromatic carbocycles. The third kappa shape index (κ3) is 4.79. The fraction of sp³-hybridized carbons (Fsp3) is 0.348. The van der Waals surface area contributed by atoms with Gasteiger partial charge in [0.05, 0.1) is 6.04 Å². The van der Waals surface area contributed by atoms with Crippen LogP contribution in [-0.4, -0.2) is 40.6 Å². The van der Waals surface area contributed by atoms with Gasteiger partial charge in [-0.2, -0.15) is 0 Å². The van der Waals surface area contributed by atoms with E-state index in [-0.39, 0.29) is 6.04 Å². The third-order valence-corrected chi connectivity index (χ3v) is 5.46. The Morgan fingerprint density at radius 2 is 2.07 bits per heavy atom. The van der Waals surface area contributed by atoms with Crippen molar-refractivity contribution in [2.45, 2.75) is 32.4 Å². The zero-order valence-corrected chi connectivity index (χ0v) is 17.6. The maximum atomic E-state index is 4.50. The van der Waals surface area contributed by atoms with Crippen LogP contribution < -0.4 is 15.5 Å². The van der Waals surface area contributed by atoms with Gasteiger partial charge in [0.25, 0.3) is 0 Å².